The second-order valence-electron chi connectivity index (χ2n) is 2.06. The van der Waals surface area contributed by atoms with Gasteiger partial charge >= 0.3 is 0 Å². The molecule has 64 valence electrons. The molecule has 5 heteroatoms. The van der Waals surface area contributed by atoms with Crippen molar-refractivity contribution in [3.05, 3.63) is 33.8 Å². The van der Waals surface area contributed by atoms with Crippen molar-refractivity contribution in [2.24, 2.45) is 0 Å². The van der Waals surface area contributed by atoms with E-state index in [1.165, 1.54) is 0 Å². The molecule has 0 radical (unpaired) electrons. The summed E-state index contributed by atoms with van der Waals surface area (Å²) < 4.78 is 25.3. The van der Waals surface area contributed by atoms with E-state index in [4.69, 9.17) is 17.0 Å². The first-order valence-corrected chi connectivity index (χ1v) is 4.08. The summed E-state index contributed by atoms with van der Waals surface area (Å²) in [6.07, 6.45) is 0. The average Bonchev–Trinajstić information content (AvgIpc) is 1.96. The van der Waals surface area contributed by atoms with Gasteiger partial charge in [-0.2, -0.15) is 0 Å². The van der Waals surface area contributed by atoms with Crippen LogP contribution >= 0.6 is 27.5 Å². The van der Waals surface area contributed by atoms with Gasteiger partial charge in [0.1, 0.15) is 5.17 Å². The van der Waals surface area contributed by atoms with Gasteiger partial charge in [-0.1, -0.05) is 11.6 Å². The monoisotopic (exact) mass is 253 g/mol. The molecule has 0 saturated heterocycles. The predicted molar refractivity (Wildman–Crippen MR) is 46.7 cm³/mol. The summed E-state index contributed by atoms with van der Waals surface area (Å²) in [7, 11) is 0. The van der Waals surface area contributed by atoms with Crippen LogP contribution in [0.15, 0.2) is 16.6 Å². The van der Waals surface area contributed by atoms with Crippen LogP contribution in [0.3, 0.4) is 0 Å². The Labute approximate surface area is 81.0 Å². The topological polar surface area (TPSA) is 23.9 Å². The van der Waals surface area contributed by atoms with Crippen LogP contribution in [0.25, 0.3) is 0 Å². The van der Waals surface area contributed by atoms with Crippen LogP contribution in [0.5, 0.6) is 0 Å². The lowest BCUT2D eigenvalue weighted by atomic mass is 10.2. The highest BCUT2D eigenvalue weighted by Gasteiger charge is 2.09. The molecule has 1 rings (SSSR count). The van der Waals surface area contributed by atoms with Crippen molar-refractivity contribution >= 4 is 32.7 Å². The van der Waals surface area contributed by atoms with Crippen LogP contribution in [0.2, 0.25) is 0 Å². The maximum Gasteiger partial charge on any atom is 0.159 e. The SMILES string of the molecule is N=C(Cl)c1cc(F)c(F)cc1Br. The molecule has 12 heavy (non-hydrogen) atoms. The molecule has 0 atom stereocenters. The van der Waals surface area contributed by atoms with Crippen LogP contribution in [-0.4, -0.2) is 5.17 Å². The van der Waals surface area contributed by atoms with Crippen molar-refractivity contribution in [3.63, 3.8) is 0 Å². The van der Waals surface area contributed by atoms with Crippen molar-refractivity contribution in [1.82, 2.24) is 0 Å². The third kappa shape index (κ3) is 1.81. The molecular weight excluding hydrogens is 251 g/mol. The molecule has 0 unspecified atom stereocenters. The third-order valence-electron chi connectivity index (χ3n) is 1.25. The van der Waals surface area contributed by atoms with E-state index in [-0.39, 0.29) is 15.2 Å². The van der Waals surface area contributed by atoms with Crippen molar-refractivity contribution in [2.75, 3.05) is 0 Å². The van der Waals surface area contributed by atoms with E-state index in [2.05, 4.69) is 15.9 Å². The quantitative estimate of drug-likeness (QED) is 0.587. The maximum atomic E-state index is 12.6. The molecule has 1 aromatic rings. The van der Waals surface area contributed by atoms with Crippen molar-refractivity contribution < 1.29 is 8.78 Å². The molecular formula is C7H3BrClF2N. The average molecular weight is 254 g/mol. The summed E-state index contributed by atoms with van der Waals surface area (Å²) in [5.41, 5.74) is 0.135. The standard InChI is InChI=1S/C7H3BrClF2N/c8-4-2-6(11)5(10)1-3(4)7(9)12/h1-2,12H. The Kier molecular flexibility index (Phi) is 2.80. The Morgan fingerprint density at radius 3 is 2.33 bits per heavy atom. The summed E-state index contributed by atoms with van der Waals surface area (Å²) in [6, 6.07) is 1.80. The summed E-state index contributed by atoms with van der Waals surface area (Å²) in [5.74, 6) is -1.98. The first-order valence-electron chi connectivity index (χ1n) is 2.91. The zero-order valence-electron chi connectivity index (χ0n) is 5.67. The molecule has 1 aromatic carbocycles. The van der Waals surface area contributed by atoms with Gasteiger partial charge in [0.2, 0.25) is 0 Å². The number of benzene rings is 1. The van der Waals surface area contributed by atoms with E-state index in [0.29, 0.717) is 0 Å². The fourth-order valence-electron chi connectivity index (χ4n) is 0.691. The van der Waals surface area contributed by atoms with Crippen molar-refractivity contribution in [1.29, 1.82) is 5.41 Å². The van der Waals surface area contributed by atoms with Gasteiger partial charge in [0.15, 0.2) is 11.6 Å². The molecule has 0 fully saturated rings. The van der Waals surface area contributed by atoms with Crippen LogP contribution in [-0.2, 0) is 0 Å². The lowest BCUT2D eigenvalue weighted by molar-refractivity contribution is 0.507. The molecule has 0 aliphatic heterocycles. The predicted octanol–water partition coefficient (Wildman–Crippen LogP) is 3.29. The zero-order chi connectivity index (χ0) is 9.30. The van der Waals surface area contributed by atoms with Crippen LogP contribution < -0.4 is 0 Å². The Balaban J connectivity index is 3.33. The molecule has 1 N–H and O–H groups in total. The maximum absolute atomic E-state index is 12.6. The van der Waals surface area contributed by atoms with Crippen LogP contribution in [0, 0.1) is 17.0 Å². The van der Waals surface area contributed by atoms with E-state index in [1.807, 2.05) is 0 Å². The fourth-order valence-corrected chi connectivity index (χ4v) is 1.47. The lowest BCUT2D eigenvalue weighted by Crippen LogP contribution is -1.94. The minimum atomic E-state index is -1.02. The van der Waals surface area contributed by atoms with Crippen molar-refractivity contribution in [2.45, 2.75) is 0 Å². The molecule has 0 aliphatic rings. The van der Waals surface area contributed by atoms with Crippen LogP contribution in [0.1, 0.15) is 5.56 Å². The molecule has 0 spiro atoms. The lowest BCUT2D eigenvalue weighted by Gasteiger charge is -2.00. The summed E-state index contributed by atoms with van der Waals surface area (Å²) in [5, 5.41) is 6.66. The third-order valence-corrected chi connectivity index (χ3v) is 2.11. The second-order valence-corrected chi connectivity index (χ2v) is 3.29. The van der Waals surface area contributed by atoms with E-state index >= 15 is 0 Å². The molecule has 0 saturated carbocycles. The van der Waals surface area contributed by atoms with Gasteiger partial charge in [-0.3, -0.25) is 5.41 Å². The number of hydrogen-bond acceptors (Lipinski definition) is 1. The highest BCUT2D eigenvalue weighted by Crippen LogP contribution is 2.21. The van der Waals surface area contributed by atoms with Gasteiger partial charge in [-0.25, -0.2) is 8.78 Å². The molecule has 0 aliphatic carbocycles. The number of halogens is 4. The highest BCUT2D eigenvalue weighted by molar-refractivity contribution is 9.10. The Morgan fingerprint density at radius 1 is 1.33 bits per heavy atom. The first kappa shape index (κ1) is 9.61. The smallest absolute Gasteiger partial charge is 0.159 e. The Morgan fingerprint density at radius 2 is 1.83 bits per heavy atom. The van der Waals surface area contributed by atoms with E-state index in [0.717, 1.165) is 12.1 Å². The molecule has 0 aromatic heterocycles. The van der Waals surface area contributed by atoms with Gasteiger partial charge in [0, 0.05) is 10.0 Å². The van der Waals surface area contributed by atoms with Gasteiger partial charge in [0.25, 0.3) is 0 Å². The first-order chi connectivity index (χ1) is 5.52. The Hall–Kier alpha value is -0.480. The van der Waals surface area contributed by atoms with Gasteiger partial charge in [-0.15, -0.1) is 0 Å². The van der Waals surface area contributed by atoms with Gasteiger partial charge in [0.05, 0.1) is 0 Å². The van der Waals surface area contributed by atoms with Crippen LogP contribution in [0.4, 0.5) is 8.78 Å². The molecule has 0 amide bonds. The van der Waals surface area contributed by atoms with Gasteiger partial charge in [-0.05, 0) is 28.1 Å². The van der Waals surface area contributed by atoms with Crippen molar-refractivity contribution in [3.8, 4) is 0 Å². The van der Waals surface area contributed by atoms with E-state index in [9.17, 15) is 8.78 Å². The molecule has 1 nitrogen and oxygen atoms in total. The zero-order valence-corrected chi connectivity index (χ0v) is 8.01. The summed E-state index contributed by atoms with van der Waals surface area (Å²) in [6.45, 7) is 0. The summed E-state index contributed by atoms with van der Waals surface area (Å²) in [4.78, 5) is 0. The molecule has 0 bridgehead atoms. The Bertz CT molecular complexity index is 340. The minimum absolute atomic E-state index is 0.135. The largest absolute Gasteiger partial charge is 0.289 e. The molecule has 0 heterocycles. The second kappa shape index (κ2) is 3.49. The summed E-state index contributed by atoms with van der Waals surface area (Å²) >= 11 is 8.25. The highest BCUT2D eigenvalue weighted by atomic mass is 79.9. The van der Waals surface area contributed by atoms with Gasteiger partial charge < -0.3 is 0 Å². The van der Waals surface area contributed by atoms with E-state index < -0.39 is 11.6 Å². The minimum Gasteiger partial charge on any atom is -0.289 e. The van der Waals surface area contributed by atoms with E-state index in [1.54, 1.807) is 0 Å². The number of hydrogen-bond donors (Lipinski definition) is 1. The normalized spacial score (nSPS) is 10.0. The number of rotatable bonds is 1. The fraction of sp³-hybridized carbons (Fsp3) is 0. The number of nitrogens with one attached hydrogen (secondary N) is 1.